The van der Waals surface area contributed by atoms with Crippen molar-refractivity contribution >= 4 is 23.5 Å². The molecule has 2 rings (SSSR count). The van der Waals surface area contributed by atoms with Gasteiger partial charge in [-0.15, -0.1) is 0 Å². The van der Waals surface area contributed by atoms with Crippen LogP contribution in [0.15, 0.2) is 41.0 Å². The summed E-state index contributed by atoms with van der Waals surface area (Å²) in [7, 11) is 0. The van der Waals surface area contributed by atoms with E-state index in [-0.39, 0.29) is 16.9 Å². The first kappa shape index (κ1) is 12.5. The third-order valence-electron chi connectivity index (χ3n) is 2.39. The van der Waals surface area contributed by atoms with E-state index in [1.807, 2.05) is 0 Å². The SMILES string of the molecule is O=[N+]([O-])c1ccc(C=Cc2ccco2)c([N+](=O)[O-])c1. The highest BCUT2D eigenvalue weighted by Crippen LogP contribution is 2.26. The molecule has 0 bridgehead atoms. The molecule has 96 valence electrons. The zero-order chi connectivity index (χ0) is 13.8. The molecule has 19 heavy (non-hydrogen) atoms. The molecule has 0 radical (unpaired) electrons. The van der Waals surface area contributed by atoms with Crippen LogP contribution >= 0.6 is 0 Å². The normalized spacial score (nSPS) is 10.7. The van der Waals surface area contributed by atoms with Crippen LogP contribution < -0.4 is 0 Å². The van der Waals surface area contributed by atoms with Gasteiger partial charge < -0.3 is 4.42 Å². The molecule has 0 amide bonds. The summed E-state index contributed by atoms with van der Waals surface area (Å²) in [6.07, 6.45) is 4.50. The van der Waals surface area contributed by atoms with Gasteiger partial charge in [-0.05, 0) is 30.4 Å². The second kappa shape index (κ2) is 5.13. The topological polar surface area (TPSA) is 99.4 Å². The van der Waals surface area contributed by atoms with Gasteiger partial charge in [-0.2, -0.15) is 0 Å². The Labute approximate surface area is 107 Å². The van der Waals surface area contributed by atoms with Crippen LogP contribution in [0.1, 0.15) is 11.3 Å². The second-order valence-corrected chi connectivity index (χ2v) is 3.61. The minimum absolute atomic E-state index is 0.270. The fourth-order valence-electron chi connectivity index (χ4n) is 1.50. The van der Waals surface area contributed by atoms with E-state index in [9.17, 15) is 20.2 Å². The number of nitro benzene ring substituents is 2. The van der Waals surface area contributed by atoms with Crippen LogP contribution in [-0.4, -0.2) is 9.85 Å². The number of nitro groups is 2. The van der Waals surface area contributed by atoms with Gasteiger partial charge in [0.2, 0.25) is 0 Å². The molecule has 0 saturated heterocycles. The van der Waals surface area contributed by atoms with E-state index in [2.05, 4.69) is 0 Å². The molecule has 0 aliphatic rings. The summed E-state index contributed by atoms with van der Waals surface area (Å²) in [5.74, 6) is 0.535. The summed E-state index contributed by atoms with van der Waals surface area (Å²) in [4.78, 5) is 20.1. The Kier molecular flexibility index (Phi) is 3.37. The highest BCUT2D eigenvalue weighted by Gasteiger charge is 2.17. The molecule has 7 nitrogen and oxygen atoms in total. The van der Waals surface area contributed by atoms with Gasteiger partial charge in [-0.3, -0.25) is 20.2 Å². The van der Waals surface area contributed by atoms with Crippen molar-refractivity contribution in [2.24, 2.45) is 0 Å². The zero-order valence-electron chi connectivity index (χ0n) is 9.55. The van der Waals surface area contributed by atoms with Gasteiger partial charge >= 0.3 is 0 Å². The van der Waals surface area contributed by atoms with Crippen LogP contribution in [0.4, 0.5) is 11.4 Å². The molecule has 0 unspecified atom stereocenters. The number of benzene rings is 1. The van der Waals surface area contributed by atoms with Gasteiger partial charge in [0.25, 0.3) is 11.4 Å². The van der Waals surface area contributed by atoms with Crippen molar-refractivity contribution in [3.63, 3.8) is 0 Å². The van der Waals surface area contributed by atoms with Gasteiger partial charge in [0, 0.05) is 6.07 Å². The molecule has 0 spiro atoms. The van der Waals surface area contributed by atoms with Crippen molar-refractivity contribution in [2.75, 3.05) is 0 Å². The van der Waals surface area contributed by atoms with Crippen molar-refractivity contribution in [1.29, 1.82) is 0 Å². The van der Waals surface area contributed by atoms with E-state index in [4.69, 9.17) is 4.42 Å². The fourth-order valence-corrected chi connectivity index (χ4v) is 1.50. The average molecular weight is 260 g/mol. The highest BCUT2D eigenvalue weighted by molar-refractivity contribution is 5.73. The minimum Gasteiger partial charge on any atom is -0.465 e. The summed E-state index contributed by atoms with van der Waals surface area (Å²) in [6.45, 7) is 0. The molecule has 7 heteroatoms. The van der Waals surface area contributed by atoms with Gasteiger partial charge in [-0.25, -0.2) is 0 Å². The first-order valence-corrected chi connectivity index (χ1v) is 5.22. The average Bonchev–Trinajstić information content (AvgIpc) is 2.89. The summed E-state index contributed by atoms with van der Waals surface area (Å²) in [5.41, 5.74) is -0.370. The smallest absolute Gasteiger partial charge is 0.283 e. The number of hydrogen-bond donors (Lipinski definition) is 0. The minimum atomic E-state index is -0.674. The first-order valence-electron chi connectivity index (χ1n) is 5.22. The maximum atomic E-state index is 10.9. The molecule has 0 saturated carbocycles. The predicted octanol–water partition coefficient (Wildman–Crippen LogP) is 3.27. The van der Waals surface area contributed by atoms with Crippen molar-refractivity contribution < 1.29 is 14.3 Å². The van der Waals surface area contributed by atoms with Crippen LogP contribution in [0.3, 0.4) is 0 Å². The third-order valence-corrected chi connectivity index (χ3v) is 2.39. The third kappa shape index (κ3) is 2.83. The van der Waals surface area contributed by atoms with Crippen LogP contribution in [0, 0.1) is 20.2 Å². The molecular weight excluding hydrogens is 252 g/mol. The molecule has 1 heterocycles. The maximum Gasteiger partial charge on any atom is 0.283 e. The number of nitrogens with zero attached hydrogens (tertiary/aromatic N) is 2. The molecule has 0 atom stereocenters. The molecule has 0 aliphatic heterocycles. The summed E-state index contributed by atoms with van der Waals surface area (Å²) in [5, 5.41) is 21.5. The standard InChI is InChI=1S/C12H8N2O5/c15-13(16)10-5-3-9(12(8-10)14(17)18)4-6-11-2-1-7-19-11/h1-8H. The van der Waals surface area contributed by atoms with Crippen molar-refractivity contribution in [1.82, 2.24) is 0 Å². The van der Waals surface area contributed by atoms with Crippen molar-refractivity contribution in [3.05, 3.63) is 68.1 Å². The van der Waals surface area contributed by atoms with Gasteiger partial charge in [0.1, 0.15) is 5.76 Å². The molecule has 0 aliphatic carbocycles. The lowest BCUT2D eigenvalue weighted by molar-refractivity contribution is -0.394. The number of non-ortho nitro benzene ring substituents is 1. The Morgan fingerprint density at radius 1 is 1.05 bits per heavy atom. The molecule has 0 fully saturated rings. The Balaban J connectivity index is 2.40. The number of rotatable bonds is 4. The quantitative estimate of drug-likeness (QED) is 0.620. The Hall–Kier alpha value is -2.96. The summed E-state index contributed by atoms with van der Waals surface area (Å²) < 4.78 is 5.05. The Bertz CT molecular complexity index is 646. The molecular formula is C12H8N2O5. The maximum absolute atomic E-state index is 10.9. The lowest BCUT2D eigenvalue weighted by Gasteiger charge is -1.97. The van der Waals surface area contributed by atoms with Crippen LogP contribution in [0.5, 0.6) is 0 Å². The molecule has 0 N–H and O–H groups in total. The Morgan fingerprint density at radius 3 is 2.42 bits per heavy atom. The van der Waals surface area contributed by atoms with Gasteiger partial charge in [-0.1, -0.05) is 0 Å². The highest BCUT2D eigenvalue weighted by atomic mass is 16.6. The predicted molar refractivity (Wildman–Crippen MR) is 67.4 cm³/mol. The summed E-state index contributed by atoms with van der Waals surface area (Å²) >= 11 is 0. The lowest BCUT2D eigenvalue weighted by Crippen LogP contribution is -1.94. The van der Waals surface area contributed by atoms with E-state index in [0.717, 1.165) is 6.07 Å². The van der Waals surface area contributed by atoms with Crippen LogP contribution in [-0.2, 0) is 0 Å². The number of hydrogen-bond acceptors (Lipinski definition) is 5. The Morgan fingerprint density at radius 2 is 1.84 bits per heavy atom. The first-order chi connectivity index (χ1) is 9.08. The lowest BCUT2D eigenvalue weighted by atomic mass is 10.1. The molecule has 2 aromatic rings. The largest absolute Gasteiger partial charge is 0.465 e. The van der Waals surface area contributed by atoms with E-state index in [1.54, 1.807) is 18.2 Å². The van der Waals surface area contributed by atoms with Gasteiger partial charge in [0.15, 0.2) is 0 Å². The number of furan rings is 1. The van der Waals surface area contributed by atoms with E-state index < -0.39 is 9.85 Å². The van der Waals surface area contributed by atoms with Crippen molar-refractivity contribution in [2.45, 2.75) is 0 Å². The molecule has 1 aromatic carbocycles. The van der Waals surface area contributed by atoms with E-state index in [0.29, 0.717) is 5.76 Å². The zero-order valence-corrected chi connectivity index (χ0v) is 9.55. The monoisotopic (exact) mass is 260 g/mol. The van der Waals surface area contributed by atoms with Gasteiger partial charge in [0.05, 0.1) is 27.7 Å². The van der Waals surface area contributed by atoms with E-state index in [1.165, 1.54) is 24.5 Å². The molecule has 1 aromatic heterocycles. The summed E-state index contributed by atoms with van der Waals surface area (Å²) in [6, 6.07) is 6.85. The fraction of sp³-hybridized carbons (Fsp3) is 0. The van der Waals surface area contributed by atoms with Crippen molar-refractivity contribution in [3.8, 4) is 0 Å². The second-order valence-electron chi connectivity index (χ2n) is 3.61. The van der Waals surface area contributed by atoms with Crippen LogP contribution in [0.25, 0.3) is 12.2 Å². The van der Waals surface area contributed by atoms with E-state index >= 15 is 0 Å². The van der Waals surface area contributed by atoms with Crippen LogP contribution in [0.2, 0.25) is 0 Å².